The highest BCUT2D eigenvalue weighted by atomic mass is 32.2. The Bertz CT molecular complexity index is 932. The molecule has 7 nitrogen and oxygen atoms in total. The minimum Gasteiger partial charge on any atom is -0.393 e. The molecule has 0 aromatic carbocycles. The molecule has 0 radical (unpaired) electrons. The molecule has 0 fully saturated rings. The van der Waals surface area contributed by atoms with Crippen LogP contribution in [0.15, 0.2) is 14.7 Å². The molecule has 1 atom stereocenters. The van der Waals surface area contributed by atoms with Gasteiger partial charge in [-0.3, -0.25) is 14.3 Å². The predicted octanol–water partition coefficient (Wildman–Crippen LogP) is 5.38. The third kappa shape index (κ3) is 9.32. The third-order valence-corrected chi connectivity index (χ3v) is 7.38. The van der Waals surface area contributed by atoms with E-state index < -0.39 is 17.4 Å². The van der Waals surface area contributed by atoms with Gasteiger partial charge >= 0.3 is 5.69 Å². The van der Waals surface area contributed by atoms with E-state index in [1.54, 1.807) is 14.0 Å². The zero-order valence-corrected chi connectivity index (χ0v) is 21.7. The van der Waals surface area contributed by atoms with Crippen molar-refractivity contribution in [2.75, 3.05) is 5.75 Å². The average molecular weight is 481 g/mol. The molecule has 2 N–H and O–H groups in total. The van der Waals surface area contributed by atoms with Crippen LogP contribution < -0.4 is 11.2 Å². The van der Waals surface area contributed by atoms with Crippen molar-refractivity contribution in [3.63, 3.8) is 0 Å². The number of hydrogen-bond acceptors (Lipinski definition) is 5. The molecule has 0 aliphatic heterocycles. The van der Waals surface area contributed by atoms with Gasteiger partial charge in [0.1, 0.15) is 0 Å². The van der Waals surface area contributed by atoms with Gasteiger partial charge in [0, 0.05) is 19.3 Å². The van der Waals surface area contributed by atoms with E-state index >= 15 is 0 Å². The second-order valence-electron chi connectivity index (χ2n) is 9.29. The summed E-state index contributed by atoms with van der Waals surface area (Å²) in [5.74, 6) is 0.494. The number of H-pyrrole nitrogens is 1. The van der Waals surface area contributed by atoms with Gasteiger partial charge in [-0.15, -0.1) is 0 Å². The molecule has 2 aromatic rings. The third-order valence-electron chi connectivity index (χ3n) is 6.16. The van der Waals surface area contributed by atoms with E-state index in [1.807, 2.05) is 4.57 Å². The molecule has 2 heterocycles. The van der Waals surface area contributed by atoms with Crippen molar-refractivity contribution in [2.24, 2.45) is 7.05 Å². The Kier molecular flexibility index (Phi) is 12.9. The number of aryl methyl sites for hydroxylation is 2. The van der Waals surface area contributed by atoms with Crippen LogP contribution in [0.2, 0.25) is 0 Å². The van der Waals surface area contributed by atoms with Gasteiger partial charge in [0.15, 0.2) is 16.3 Å². The van der Waals surface area contributed by atoms with Crippen LogP contribution in [0.3, 0.4) is 0 Å². The second-order valence-corrected chi connectivity index (χ2v) is 10.3. The Morgan fingerprint density at radius 3 is 1.94 bits per heavy atom. The molecule has 188 valence electrons. The van der Waals surface area contributed by atoms with E-state index in [1.165, 1.54) is 93.4 Å². The van der Waals surface area contributed by atoms with Gasteiger partial charge in [0.25, 0.3) is 5.56 Å². The summed E-state index contributed by atoms with van der Waals surface area (Å²) in [5, 5.41) is 10.3. The Labute approximate surface area is 202 Å². The zero-order chi connectivity index (χ0) is 24.1. The molecule has 0 saturated heterocycles. The summed E-state index contributed by atoms with van der Waals surface area (Å²) < 4.78 is 3.30. The first-order valence-electron chi connectivity index (χ1n) is 13.0. The number of aliphatic hydroxyl groups is 1. The van der Waals surface area contributed by atoms with Crippen LogP contribution in [0.4, 0.5) is 0 Å². The number of nitrogens with zero attached hydrogens (tertiary/aromatic N) is 3. The van der Waals surface area contributed by atoms with Crippen molar-refractivity contribution in [1.29, 1.82) is 0 Å². The summed E-state index contributed by atoms with van der Waals surface area (Å²) in [4.78, 5) is 31.4. The maximum atomic E-state index is 12.5. The van der Waals surface area contributed by atoms with Crippen LogP contribution in [0.1, 0.15) is 104 Å². The van der Waals surface area contributed by atoms with Crippen LogP contribution in [-0.4, -0.2) is 36.1 Å². The number of imidazole rings is 1. The molecule has 8 heteroatoms. The molecule has 0 unspecified atom stereocenters. The normalized spacial score (nSPS) is 12.6. The minimum absolute atomic E-state index is 0.394. The van der Waals surface area contributed by atoms with Gasteiger partial charge in [-0.05, 0) is 13.3 Å². The molecule has 0 amide bonds. The maximum absolute atomic E-state index is 12.5. The lowest BCUT2D eigenvalue weighted by Gasteiger charge is -2.09. The van der Waals surface area contributed by atoms with Crippen LogP contribution in [0.25, 0.3) is 11.2 Å². The molecule has 2 aromatic heterocycles. The predicted molar refractivity (Wildman–Crippen MR) is 138 cm³/mol. The van der Waals surface area contributed by atoms with Crippen molar-refractivity contribution in [3.05, 3.63) is 20.8 Å². The van der Waals surface area contributed by atoms with Crippen molar-refractivity contribution in [2.45, 2.75) is 122 Å². The number of unbranched alkanes of at least 4 members (excludes halogenated alkanes) is 13. The standard InChI is InChI=1S/C25H44N4O3S/c1-4-5-6-7-8-9-10-11-12-13-14-15-16-17-18-29-21-22(26-25(29)33-19-20(2)30)28(3)24(32)27-23(21)31/h20,30H,4-19H2,1-3H3,(H,27,31,32)/t20-/m0/s1. The summed E-state index contributed by atoms with van der Waals surface area (Å²) >= 11 is 1.42. The molecule has 0 aliphatic carbocycles. The molecule has 0 spiro atoms. The van der Waals surface area contributed by atoms with Gasteiger partial charge in [0.2, 0.25) is 0 Å². The second kappa shape index (κ2) is 15.4. The highest BCUT2D eigenvalue weighted by molar-refractivity contribution is 7.99. The van der Waals surface area contributed by atoms with Crippen LogP contribution >= 0.6 is 11.8 Å². The number of thioether (sulfide) groups is 1. The maximum Gasteiger partial charge on any atom is 0.329 e. The summed E-state index contributed by atoms with van der Waals surface area (Å²) in [6.07, 6.45) is 17.8. The fourth-order valence-electron chi connectivity index (χ4n) is 4.19. The first kappa shape index (κ1) is 27.7. The number of hydrogen-bond donors (Lipinski definition) is 2. The number of aliphatic hydroxyl groups excluding tert-OH is 1. The minimum atomic E-state index is -0.466. The molecular weight excluding hydrogens is 436 g/mol. The number of nitrogens with one attached hydrogen (secondary N) is 1. The highest BCUT2D eigenvalue weighted by Crippen LogP contribution is 2.23. The average Bonchev–Trinajstić information content (AvgIpc) is 3.15. The highest BCUT2D eigenvalue weighted by Gasteiger charge is 2.17. The van der Waals surface area contributed by atoms with E-state index in [0.29, 0.717) is 28.6 Å². The van der Waals surface area contributed by atoms with E-state index in [0.717, 1.165) is 12.8 Å². The van der Waals surface area contributed by atoms with Gasteiger partial charge < -0.3 is 9.67 Å². The van der Waals surface area contributed by atoms with Gasteiger partial charge in [-0.2, -0.15) is 0 Å². The molecule has 0 aliphatic rings. The Morgan fingerprint density at radius 1 is 0.909 bits per heavy atom. The molecule has 2 rings (SSSR count). The lowest BCUT2D eigenvalue weighted by atomic mass is 10.0. The summed E-state index contributed by atoms with van der Waals surface area (Å²) in [5.41, 5.74) is -0.00215. The quantitative estimate of drug-likeness (QED) is 0.221. The van der Waals surface area contributed by atoms with Gasteiger partial charge in [-0.1, -0.05) is 102 Å². The Morgan fingerprint density at radius 2 is 1.42 bits per heavy atom. The van der Waals surface area contributed by atoms with Crippen LogP contribution in [0.5, 0.6) is 0 Å². The Hall–Kier alpha value is -1.54. The summed E-state index contributed by atoms with van der Waals surface area (Å²) in [6.45, 7) is 4.69. The molecule has 0 bridgehead atoms. The monoisotopic (exact) mass is 480 g/mol. The zero-order valence-electron chi connectivity index (χ0n) is 20.9. The van der Waals surface area contributed by atoms with Crippen molar-refractivity contribution in [1.82, 2.24) is 19.1 Å². The van der Waals surface area contributed by atoms with Crippen LogP contribution in [0, 0.1) is 0 Å². The number of rotatable bonds is 18. The van der Waals surface area contributed by atoms with Crippen molar-refractivity contribution in [3.8, 4) is 0 Å². The first-order valence-corrected chi connectivity index (χ1v) is 13.9. The lowest BCUT2D eigenvalue weighted by molar-refractivity contribution is 0.220. The van der Waals surface area contributed by atoms with E-state index in [2.05, 4.69) is 16.9 Å². The van der Waals surface area contributed by atoms with E-state index in [4.69, 9.17) is 0 Å². The van der Waals surface area contributed by atoms with Gasteiger partial charge in [-0.25, -0.2) is 9.78 Å². The Balaban J connectivity index is 1.74. The topological polar surface area (TPSA) is 92.9 Å². The number of aromatic amines is 1. The fourth-order valence-corrected chi connectivity index (χ4v) is 5.07. The lowest BCUT2D eigenvalue weighted by Crippen LogP contribution is -2.29. The first-order chi connectivity index (χ1) is 16.0. The fraction of sp³-hybridized carbons (Fsp3) is 0.800. The van der Waals surface area contributed by atoms with E-state index in [9.17, 15) is 14.7 Å². The number of fused-ring (bicyclic) bond motifs is 1. The summed E-state index contributed by atoms with van der Waals surface area (Å²) in [7, 11) is 1.62. The van der Waals surface area contributed by atoms with Crippen LogP contribution in [-0.2, 0) is 13.6 Å². The molecular formula is C25H44N4O3S. The summed E-state index contributed by atoms with van der Waals surface area (Å²) in [6, 6.07) is 0. The molecule has 0 saturated carbocycles. The van der Waals surface area contributed by atoms with E-state index in [-0.39, 0.29) is 0 Å². The smallest absolute Gasteiger partial charge is 0.329 e. The largest absolute Gasteiger partial charge is 0.393 e. The SMILES string of the molecule is CCCCCCCCCCCCCCCCn1c(SC[C@H](C)O)nc2c1c(=O)[nH]c(=O)n2C. The number of aromatic nitrogens is 4. The van der Waals surface area contributed by atoms with Gasteiger partial charge in [0.05, 0.1) is 6.10 Å². The molecule has 33 heavy (non-hydrogen) atoms. The van der Waals surface area contributed by atoms with Crippen molar-refractivity contribution >= 4 is 22.9 Å². The van der Waals surface area contributed by atoms with Crippen molar-refractivity contribution < 1.29 is 5.11 Å².